The van der Waals surface area contributed by atoms with Gasteiger partial charge in [-0.2, -0.15) is 0 Å². The molecular weight excluding hydrogens is 234 g/mol. The van der Waals surface area contributed by atoms with Crippen molar-refractivity contribution in [2.75, 3.05) is 11.4 Å². The molecule has 0 aliphatic heterocycles. The van der Waals surface area contributed by atoms with Crippen LogP contribution in [0.5, 0.6) is 0 Å². The van der Waals surface area contributed by atoms with Gasteiger partial charge < -0.3 is 10.2 Å². The van der Waals surface area contributed by atoms with E-state index in [-0.39, 0.29) is 0 Å². The molecule has 108 valence electrons. The average Bonchev–Trinajstić information content (AvgIpc) is 2.33. The number of anilines is 1. The van der Waals surface area contributed by atoms with Gasteiger partial charge in [0.05, 0.1) is 0 Å². The van der Waals surface area contributed by atoms with Crippen molar-refractivity contribution >= 4 is 5.82 Å². The fourth-order valence-corrected chi connectivity index (χ4v) is 2.01. The molecule has 0 aromatic carbocycles. The Morgan fingerprint density at radius 1 is 1.16 bits per heavy atom. The molecule has 0 aliphatic rings. The van der Waals surface area contributed by atoms with E-state index < -0.39 is 0 Å². The van der Waals surface area contributed by atoms with Crippen molar-refractivity contribution in [2.24, 2.45) is 5.92 Å². The lowest BCUT2D eigenvalue weighted by Gasteiger charge is -2.30. The Labute approximate surface area is 118 Å². The molecule has 0 atom stereocenters. The third-order valence-electron chi connectivity index (χ3n) is 3.00. The quantitative estimate of drug-likeness (QED) is 0.816. The van der Waals surface area contributed by atoms with Gasteiger partial charge in [-0.25, -0.2) is 4.98 Å². The Bertz CT molecular complexity index is 372. The fourth-order valence-electron chi connectivity index (χ4n) is 2.01. The van der Waals surface area contributed by atoms with Crippen LogP contribution >= 0.6 is 0 Å². The van der Waals surface area contributed by atoms with Crippen LogP contribution in [0, 0.1) is 5.92 Å². The molecule has 1 heterocycles. The first-order valence-corrected chi connectivity index (χ1v) is 7.35. The predicted molar refractivity (Wildman–Crippen MR) is 83.5 cm³/mol. The maximum Gasteiger partial charge on any atom is 0.129 e. The molecule has 0 saturated carbocycles. The van der Waals surface area contributed by atoms with Gasteiger partial charge in [-0.1, -0.05) is 27.7 Å². The molecule has 1 aromatic rings. The lowest BCUT2D eigenvalue weighted by Crippen LogP contribution is -2.35. The highest BCUT2D eigenvalue weighted by Crippen LogP contribution is 2.17. The molecule has 0 aliphatic carbocycles. The summed E-state index contributed by atoms with van der Waals surface area (Å²) in [6, 6.07) is 5.28. The Hall–Kier alpha value is -1.09. The SMILES string of the molecule is CC(C)CN(c1cc(CNC(C)C)ccn1)C(C)C. The van der Waals surface area contributed by atoms with E-state index in [9.17, 15) is 0 Å². The fraction of sp³-hybridized carbons (Fsp3) is 0.688. The summed E-state index contributed by atoms with van der Waals surface area (Å²) in [6.45, 7) is 15.2. The monoisotopic (exact) mass is 263 g/mol. The Morgan fingerprint density at radius 2 is 1.84 bits per heavy atom. The highest BCUT2D eigenvalue weighted by molar-refractivity contribution is 5.42. The third kappa shape index (κ3) is 5.60. The van der Waals surface area contributed by atoms with Crippen molar-refractivity contribution in [1.29, 1.82) is 0 Å². The minimum Gasteiger partial charge on any atom is -0.354 e. The van der Waals surface area contributed by atoms with E-state index in [2.05, 4.69) is 68.9 Å². The molecule has 1 aromatic heterocycles. The Kier molecular flexibility index (Phi) is 6.29. The van der Waals surface area contributed by atoms with Crippen LogP contribution in [0.4, 0.5) is 5.82 Å². The van der Waals surface area contributed by atoms with Gasteiger partial charge in [-0.05, 0) is 37.5 Å². The standard InChI is InChI=1S/C16H29N3/c1-12(2)11-19(14(5)6)16-9-15(7-8-17-16)10-18-13(3)4/h7-9,12-14,18H,10-11H2,1-6H3. The van der Waals surface area contributed by atoms with Crippen LogP contribution in [0.15, 0.2) is 18.3 Å². The van der Waals surface area contributed by atoms with Crippen molar-refractivity contribution in [3.05, 3.63) is 23.9 Å². The molecule has 3 heteroatoms. The maximum absolute atomic E-state index is 4.54. The molecular formula is C16H29N3. The van der Waals surface area contributed by atoms with Crippen LogP contribution in [-0.4, -0.2) is 23.6 Å². The molecule has 19 heavy (non-hydrogen) atoms. The first kappa shape index (κ1) is 16.0. The van der Waals surface area contributed by atoms with E-state index in [0.29, 0.717) is 18.0 Å². The highest BCUT2D eigenvalue weighted by atomic mass is 15.2. The van der Waals surface area contributed by atoms with Crippen LogP contribution in [0.25, 0.3) is 0 Å². The van der Waals surface area contributed by atoms with Crippen molar-refractivity contribution in [3.8, 4) is 0 Å². The molecule has 0 fully saturated rings. The minimum atomic E-state index is 0.475. The summed E-state index contributed by atoms with van der Waals surface area (Å²) < 4.78 is 0. The Balaban J connectivity index is 2.82. The summed E-state index contributed by atoms with van der Waals surface area (Å²) in [4.78, 5) is 6.92. The van der Waals surface area contributed by atoms with Gasteiger partial charge in [0.2, 0.25) is 0 Å². The lowest BCUT2D eigenvalue weighted by atomic mass is 10.1. The van der Waals surface area contributed by atoms with E-state index in [1.165, 1.54) is 5.56 Å². The van der Waals surface area contributed by atoms with Crippen molar-refractivity contribution < 1.29 is 0 Å². The van der Waals surface area contributed by atoms with Crippen LogP contribution in [0.3, 0.4) is 0 Å². The highest BCUT2D eigenvalue weighted by Gasteiger charge is 2.13. The van der Waals surface area contributed by atoms with E-state index in [1.54, 1.807) is 0 Å². The van der Waals surface area contributed by atoms with E-state index in [4.69, 9.17) is 0 Å². The smallest absolute Gasteiger partial charge is 0.129 e. The molecule has 0 amide bonds. The Morgan fingerprint density at radius 3 is 2.37 bits per heavy atom. The molecule has 0 saturated heterocycles. The topological polar surface area (TPSA) is 28.2 Å². The van der Waals surface area contributed by atoms with Gasteiger partial charge in [0.15, 0.2) is 0 Å². The van der Waals surface area contributed by atoms with E-state index in [1.807, 2.05) is 6.20 Å². The van der Waals surface area contributed by atoms with E-state index in [0.717, 1.165) is 18.9 Å². The van der Waals surface area contributed by atoms with Crippen LogP contribution < -0.4 is 10.2 Å². The van der Waals surface area contributed by atoms with Gasteiger partial charge in [0, 0.05) is 31.4 Å². The van der Waals surface area contributed by atoms with Crippen molar-refractivity contribution in [2.45, 2.75) is 60.2 Å². The largest absolute Gasteiger partial charge is 0.354 e. The van der Waals surface area contributed by atoms with Gasteiger partial charge in [-0.15, -0.1) is 0 Å². The molecule has 0 radical (unpaired) electrons. The first-order valence-electron chi connectivity index (χ1n) is 7.35. The molecule has 0 bridgehead atoms. The summed E-state index contributed by atoms with van der Waals surface area (Å²) in [5.74, 6) is 1.73. The molecule has 3 nitrogen and oxygen atoms in total. The number of hydrogen-bond donors (Lipinski definition) is 1. The number of nitrogens with one attached hydrogen (secondary N) is 1. The number of aromatic nitrogens is 1. The first-order chi connectivity index (χ1) is 8.90. The van der Waals surface area contributed by atoms with Crippen molar-refractivity contribution in [1.82, 2.24) is 10.3 Å². The van der Waals surface area contributed by atoms with Crippen molar-refractivity contribution in [3.63, 3.8) is 0 Å². The van der Waals surface area contributed by atoms with Crippen LogP contribution in [0.1, 0.15) is 47.1 Å². The number of pyridine rings is 1. The predicted octanol–water partition coefficient (Wildman–Crippen LogP) is 3.45. The zero-order valence-corrected chi connectivity index (χ0v) is 13.3. The van der Waals surface area contributed by atoms with Gasteiger partial charge in [0.1, 0.15) is 5.82 Å². The van der Waals surface area contributed by atoms with Gasteiger partial charge in [0.25, 0.3) is 0 Å². The second-order valence-corrected chi connectivity index (χ2v) is 6.20. The van der Waals surface area contributed by atoms with Crippen LogP contribution in [-0.2, 0) is 6.54 Å². The minimum absolute atomic E-state index is 0.475. The van der Waals surface area contributed by atoms with Gasteiger partial charge in [-0.3, -0.25) is 0 Å². The average molecular weight is 263 g/mol. The zero-order valence-electron chi connectivity index (χ0n) is 13.3. The third-order valence-corrected chi connectivity index (χ3v) is 3.00. The van der Waals surface area contributed by atoms with E-state index >= 15 is 0 Å². The summed E-state index contributed by atoms with van der Waals surface area (Å²) in [7, 11) is 0. The van der Waals surface area contributed by atoms with Gasteiger partial charge >= 0.3 is 0 Å². The lowest BCUT2D eigenvalue weighted by molar-refractivity contribution is 0.564. The second-order valence-electron chi connectivity index (χ2n) is 6.20. The summed E-state index contributed by atoms with van der Waals surface area (Å²) >= 11 is 0. The maximum atomic E-state index is 4.54. The second kappa shape index (κ2) is 7.49. The summed E-state index contributed by atoms with van der Waals surface area (Å²) in [6.07, 6.45) is 1.92. The van der Waals surface area contributed by atoms with Crippen LogP contribution in [0.2, 0.25) is 0 Å². The normalized spacial score (nSPS) is 11.6. The molecule has 1 N–H and O–H groups in total. The number of nitrogens with zero attached hydrogens (tertiary/aromatic N) is 2. The molecule has 0 unspecified atom stereocenters. The molecule has 1 rings (SSSR count). The number of rotatable bonds is 7. The molecule has 0 spiro atoms. The summed E-state index contributed by atoms with van der Waals surface area (Å²) in [5, 5.41) is 3.45. The number of hydrogen-bond acceptors (Lipinski definition) is 3. The summed E-state index contributed by atoms with van der Waals surface area (Å²) in [5.41, 5.74) is 1.30. The zero-order chi connectivity index (χ0) is 14.4.